The third kappa shape index (κ3) is 3.61. The minimum atomic E-state index is -0.179. The van der Waals surface area contributed by atoms with Crippen LogP contribution < -0.4 is 10.1 Å². The minimum absolute atomic E-state index is 0.142. The fourth-order valence-corrected chi connectivity index (χ4v) is 2.48. The third-order valence-electron chi connectivity index (χ3n) is 3.60. The molecule has 21 heavy (non-hydrogen) atoms. The van der Waals surface area contributed by atoms with Crippen LogP contribution in [0.2, 0.25) is 0 Å². The van der Waals surface area contributed by atoms with E-state index in [9.17, 15) is 4.39 Å². The number of hydrogen-bond acceptors (Lipinski definition) is 2. The van der Waals surface area contributed by atoms with E-state index in [-0.39, 0.29) is 11.9 Å². The Kier molecular flexibility index (Phi) is 5.34. The summed E-state index contributed by atoms with van der Waals surface area (Å²) in [5, 5.41) is 3.44. The lowest BCUT2D eigenvalue weighted by Gasteiger charge is -2.22. The van der Waals surface area contributed by atoms with E-state index in [1.54, 1.807) is 13.2 Å². The maximum atomic E-state index is 14.2. The maximum Gasteiger partial charge on any atom is 0.128 e. The van der Waals surface area contributed by atoms with Gasteiger partial charge < -0.3 is 10.1 Å². The monoisotopic (exact) mass is 287 g/mol. The summed E-state index contributed by atoms with van der Waals surface area (Å²) in [4.78, 5) is 0. The van der Waals surface area contributed by atoms with E-state index >= 15 is 0 Å². The first kappa shape index (κ1) is 15.5. The van der Waals surface area contributed by atoms with Crippen LogP contribution in [0.3, 0.4) is 0 Å². The van der Waals surface area contributed by atoms with Gasteiger partial charge >= 0.3 is 0 Å². The molecule has 0 heterocycles. The molecule has 2 aromatic rings. The number of benzene rings is 2. The molecule has 0 radical (unpaired) electrons. The Balaban J connectivity index is 2.43. The predicted molar refractivity (Wildman–Crippen MR) is 84.3 cm³/mol. The van der Waals surface area contributed by atoms with Gasteiger partial charge in [0, 0.05) is 5.56 Å². The van der Waals surface area contributed by atoms with E-state index in [0.717, 1.165) is 29.8 Å². The molecule has 0 spiro atoms. The molecule has 3 heteroatoms. The number of ether oxygens (including phenoxy) is 1. The molecular weight excluding hydrogens is 265 g/mol. The number of nitrogens with one attached hydrogen (secondary N) is 1. The number of hydrogen-bond donors (Lipinski definition) is 1. The van der Waals surface area contributed by atoms with Gasteiger partial charge in [0.05, 0.1) is 13.2 Å². The molecule has 0 fully saturated rings. The van der Waals surface area contributed by atoms with Crippen molar-refractivity contribution in [1.82, 2.24) is 5.32 Å². The molecule has 1 atom stereocenters. The van der Waals surface area contributed by atoms with Crippen molar-refractivity contribution in [2.24, 2.45) is 0 Å². The summed E-state index contributed by atoms with van der Waals surface area (Å²) >= 11 is 0. The molecule has 112 valence electrons. The molecular formula is C18H22FNO. The van der Waals surface area contributed by atoms with Crippen LogP contribution in [0.15, 0.2) is 42.5 Å². The Morgan fingerprint density at radius 3 is 2.52 bits per heavy atom. The van der Waals surface area contributed by atoms with Crippen molar-refractivity contribution in [3.63, 3.8) is 0 Å². The molecule has 1 N–H and O–H groups in total. The first-order valence-electron chi connectivity index (χ1n) is 7.29. The standard InChI is InChI=1S/C18H22FNO/c1-4-11-20-18(16-7-5-6-8-17(16)19)15-10-9-14(21-3)12-13(15)2/h5-10,12,18,20H,4,11H2,1-3H3. The Morgan fingerprint density at radius 1 is 1.14 bits per heavy atom. The van der Waals surface area contributed by atoms with Gasteiger partial charge in [0.15, 0.2) is 0 Å². The Morgan fingerprint density at radius 2 is 1.90 bits per heavy atom. The van der Waals surface area contributed by atoms with Gasteiger partial charge in [-0.3, -0.25) is 0 Å². The van der Waals surface area contributed by atoms with E-state index < -0.39 is 0 Å². The molecule has 0 bridgehead atoms. The summed E-state index contributed by atoms with van der Waals surface area (Å²) in [7, 11) is 1.65. The van der Waals surface area contributed by atoms with Crippen LogP contribution in [0, 0.1) is 12.7 Å². The topological polar surface area (TPSA) is 21.3 Å². The maximum absolute atomic E-state index is 14.2. The first-order valence-corrected chi connectivity index (χ1v) is 7.29. The molecule has 0 amide bonds. The fourth-order valence-electron chi connectivity index (χ4n) is 2.48. The zero-order valence-corrected chi connectivity index (χ0v) is 12.8. The lowest BCUT2D eigenvalue weighted by atomic mass is 9.94. The SMILES string of the molecule is CCCNC(c1ccc(OC)cc1C)c1ccccc1F. The number of halogens is 1. The van der Waals surface area contributed by atoms with Crippen molar-refractivity contribution in [3.05, 3.63) is 65.0 Å². The van der Waals surface area contributed by atoms with Gasteiger partial charge in [0.2, 0.25) is 0 Å². The van der Waals surface area contributed by atoms with Gasteiger partial charge in [0.25, 0.3) is 0 Å². The summed E-state index contributed by atoms with van der Waals surface area (Å²) in [5.74, 6) is 0.639. The smallest absolute Gasteiger partial charge is 0.128 e. The molecule has 2 aromatic carbocycles. The van der Waals surface area contributed by atoms with Crippen LogP contribution in [0.25, 0.3) is 0 Å². The molecule has 0 aromatic heterocycles. The second-order valence-electron chi connectivity index (χ2n) is 5.13. The van der Waals surface area contributed by atoms with Crippen molar-refractivity contribution in [2.45, 2.75) is 26.3 Å². The Labute approximate surface area is 126 Å². The van der Waals surface area contributed by atoms with Crippen LogP contribution in [-0.4, -0.2) is 13.7 Å². The van der Waals surface area contributed by atoms with Crippen molar-refractivity contribution >= 4 is 0 Å². The second kappa shape index (κ2) is 7.23. The molecule has 0 saturated carbocycles. The van der Waals surface area contributed by atoms with E-state index in [2.05, 4.69) is 12.2 Å². The van der Waals surface area contributed by atoms with Gasteiger partial charge in [-0.2, -0.15) is 0 Å². The zero-order valence-electron chi connectivity index (χ0n) is 12.8. The summed E-state index contributed by atoms with van der Waals surface area (Å²) in [6.45, 7) is 4.97. The highest BCUT2D eigenvalue weighted by atomic mass is 19.1. The van der Waals surface area contributed by atoms with E-state index in [1.165, 1.54) is 6.07 Å². The highest BCUT2D eigenvalue weighted by Gasteiger charge is 2.18. The number of methoxy groups -OCH3 is 1. The quantitative estimate of drug-likeness (QED) is 0.858. The largest absolute Gasteiger partial charge is 0.497 e. The van der Waals surface area contributed by atoms with Crippen LogP contribution in [0.4, 0.5) is 4.39 Å². The lowest BCUT2D eigenvalue weighted by molar-refractivity contribution is 0.414. The van der Waals surface area contributed by atoms with E-state index in [1.807, 2.05) is 37.3 Å². The highest BCUT2D eigenvalue weighted by molar-refractivity contribution is 5.41. The molecule has 0 saturated heterocycles. The lowest BCUT2D eigenvalue weighted by Crippen LogP contribution is -2.24. The normalized spacial score (nSPS) is 12.2. The van der Waals surface area contributed by atoms with Crippen LogP contribution in [0.5, 0.6) is 5.75 Å². The average Bonchev–Trinajstić information content (AvgIpc) is 2.50. The van der Waals surface area contributed by atoms with E-state index in [4.69, 9.17) is 4.74 Å². The Bertz CT molecular complexity index is 598. The van der Waals surface area contributed by atoms with Crippen LogP contribution in [0.1, 0.15) is 36.1 Å². The predicted octanol–water partition coefficient (Wildman–Crippen LogP) is 4.23. The van der Waals surface area contributed by atoms with Crippen LogP contribution >= 0.6 is 0 Å². The fraction of sp³-hybridized carbons (Fsp3) is 0.333. The van der Waals surface area contributed by atoms with E-state index in [0.29, 0.717) is 5.56 Å². The van der Waals surface area contributed by atoms with Gasteiger partial charge in [-0.25, -0.2) is 4.39 Å². The summed E-state index contributed by atoms with van der Waals surface area (Å²) in [5.41, 5.74) is 2.85. The Hall–Kier alpha value is -1.87. The molecule has 0 aliphatic rings. The van der Waals surface area contributed by atoms with Crippen molar-refractivity contribution in [1.29, 1.82) is 0 Å². The molecule has 1 unspecified atom stereocenters. The van der Waals surface area contributed by atoms with Gasteiger partial charge in [-0.15, -0.1) is 0 Å². The minimum Gasteiger partial charge on any atom is -0.497 e. The molecule has 2 rings (SSSR count). The van der Waals surface area contributed by atoms with Crippen molar-refractivity contribution in [3.8, 4) is 5.75 Å². The van der Waals surface area contributed by atoms with Crippen molar-refractivity contribution < 1.29 is 9.13 Å². The summed E-state index contributed by atoms with van der Waals surface area (Å²) in [6, 6.07) is 12.7. The van der Waals surface area contributed by atoms with Gasteiger partial charge in [-0.1, -0.05) is 31.2 Å². The molecule has 0 aliphatic carbocycles. The molecule has 2 nitrogen and oxygen atoms in total. The average molecular weight is 287 g/mol. The van der Waals surface area contributed by atoms with Gasteiger partial charge in [-0.05, 0) is 49.2 Å². The first-order chi connectivity index (χ1) is 10.2. The number of aryl methyl sites for hydroxylation is 1. The highest BCUT2D eigenvalue weighted by Crippen LogP contribution is 2.29. The molecule has 0 aliphatic heterocycles. The van der Waals surface area contributed by atoms with Crippen molar-refractivity contribution in [2.75, 3.05) is 13.7 Å². The second-order valence-corrected chi connectivity index (χ2v) is 5.13. The summed E-state index contributed by atoms with van der Waals surface area (Å²) in [6.07, 6.45) is 1.00. The third-order valence-corrected chi connectivity index (χ3v) is 3.60. The van der Waals surface area contributed by atoms with Gasteiger partial charge in [0.1, 0.15) is 11.6 Å². The number of rotatable bonds is 6. The zero-order chi connectivity index (χ0) is 15.2. The van der Waals surface area contributed by atoms with Crippen LogP contribution in [-0.2, 0) is 0 Å². The summed E-state index contributed by atoms with van der Waals surface area (Å²) < 4.78 is 19.4.